The number of rotatable bonds is 2. The molecule has 0 radical (unpaired) electrons. The van der Waals surface area contributed by atoms with Crippen LogP contribution in [-0.2, 0) is 10.0 Å². The topological polar surface area (TPSA) is 92.1 Å². The molecule has 1 heterocycles. The highest BCUT2D eigenvalue weighted by Gasteiger charge is 2.23. The van der Waals surface area contributed by atoms with Gasteiger partial charge in [0.25, 0.3) is 10.0 Å². The van der Waals surface area contributed by atoms with Gasteiger partial charge < -0.3 is 10.7 Å². The molecule has 1 rings (SSSR count). The van der Waals surface area contributed by atoms with Crippen molar-refractivity contribution in [2.24, 2.45) is 0 Å². The van der Waals surface area contributed by atoms with E-state index in [0.29, 0.717) is 5.82 Å². The monoisotopic (exact) mass is 204 g/mol. The number of imidazole rings is 1. The molecule has 0 atom stereocenters. The minimum absolute atomic E-state index is 0.00574. The number of nitrogens with zero attached hydrogens (tertiary/aromatic N) is 2. The van der Waals surface area contributed by atoms with Crippen molar-refractivity contribution in [2.75, 3.05) is 19.8 Å². The number of nitrogens with one attached hydrogen (secondary N) is 1. The van der Waals surface area contributed by atoms with E-state index in [1.807, 2.05) is 0 Å². The van der Waals surface area contributed by atoms with Crippen LogP contribution in [0.5, 0.6) is 0 Å². The van der Waals surface area contributed by atoms with Crippen molar-refractivity contribution in [2.45, 2.75) is 11.9 Å². The Morgan fingerprint density at radius 2 is 2.00 bits per heavy atom. The highest BCUT2D eigenvalue weighted by Crippen LogP contribution is 2.17. The zero-order chi connectivity index (χ0) is 10.2. The van der Waals surface area contributed by atoms with E-state index in [9.17, 15) is 8.42 Å². The van der Waals surface area contributed by atoms with Gasteiger partial charge in [0, 0.05) is 14.1 Å². The van der Waals surface area contributed by atoms with Gasteiger partial charge in [-0.3, -0.25) is 0 Å². The molecule has 0 fully saturated rings. The second-order valence-corrected chi connectivity index (χ2v) is 4.91. The summed E-state index contributed by atoms with van der Waals surface area (Å²) in [5, 5.41) is -0.0463. The molecule has 0 bridgehead atoms. The zero-order valence-electron chi connectivity index (χ0n) is 7.70. The van der Waals surface area contributed by atoms with Crippen LogP contribution >= 0.6 is 0 Å². The van der Waals surface area contributed by atoms with Gasteiger partial charge in [0.05, 0.1) is 0 Å². The standard InChI is InChI=1S/C6H12N4O2S/c1-4-8-5(7)6(9-4)13(11,12)10(2)3/h7H2,1-3H3,(H,8,9). The first-order valence-corrected chi connectivity index (χ1v) is 5.04. The second-order valence-electron chi connectivity index (χ2n) is 2.82. The van der Waals surface area contributed by atoms with Gasteiger partial charge in [-0.05, 0) is 6.92 Å². The van der Waals surface area contributed by atoms with Gasteiger partial charge in [0.15, 0.2) is 10.8 Å². The van der Waals surface area contributed by atoms with Crippen molar-refractivity contribution in [1.82, 2.24) is 14.3 Å². The molecule has 13 heavy (non-hydrogen) atoms. The lowest BCUT2D eigenvalue weighted by atomic mass is 10.8. The number of sulfonamides is 1. The maximum absolute atomic E-state index is 11.5. The minimum Gasteiger partial charge on any atom is -0.381 e. The van der Waals surface area contributed by atoms with Crippen LogP contribution in [0.25, 0.3) is 0 Å². The number of anilines is 1. The van der Waals surface area contributed by atoms with Gasteiger partial charge in [-0.1, -0.05) is 0 Å². The average molecular weight is 204 g/mol. The first-order valence-electron chi connectivity index (χ1n) is 3.60. The molecule has 0 aliphatic rings. The fourth-order valence-corrected chi connectivity index (χ4v) is 1.82. The number of aryl methyl sites for hydroxylation is 1. The van der Waals surface area contributed by atoms with E-state index >= 15 is 0 Å². The molecule has 0 spiro atoms. The largest absolute Gasteiger partial charge is 0.381 e. The number of aromatic nitrogens is 2. The Labute approximate surface area is 76.8 Å². The lowest BCUT2D eigenvalue weighted by Gasteiger charge is -2.08. The molecule has 0 amide bonds. The van der Waals surface area contributed by atoms with Gasteiger partial charge in [-0.15, -0.1) is 0 Å². The van der Waals surface area contributed by atoms with Crippen LogP contribution in [0.4, 0.5) is 5.82 Å². The fourth-order valence-electron chi connectivity index (χ4n) is 0.867. The van der Waals surface area contributed by atoms with Crippen molar-refractivity contribution in [3.05, 3.63) is 5.82 Å². The third kappa shape index (κ3) is 1.65. The summed E-state index contributed by atoms with van der Waals surface area (Å²) in [5.74, 6) is 0.490. The predicted molar refractivity (Wildman–Crippen MR) is 48.6 cm³/mol. The molecule has 6 nitrogen and oxygen atoms in total. The number of hydrogen-bond donors (Lipinski definition) is 2. The summed E-state index contributed by atoms with van der Waals surface area (Å²) in [6, 6.07) is 0. The summed E-state index contributed by atoms with van der Waals surface area (Å²) in [5.41, 5.74) is 5.42. The molecule has 0 saturated heterocycles. The molecular weight excluding hydrogens is 192 g/mol. The van der Waals surface area contributed by atoms with Gasteiger partial charge >= 0.3 is 0 Å². The molecule has 74 valence electrons. The van der Waals surface area contributed by atoms with E-state index in [1.165, 1.54) is 14.1 Å². The van der Waals surface area contributed by atoms with Gasteiger partial charge in [-0.2, -0.15) is 0 Å². The second kappa shape index (κ2) is 3.00. The minimum atomic E-state index is -3.50. The van der Waals surface area contributed by atoms with Crippen molar-refractivity contribution in [1.29, 1.82) is 0 Å². The van der Waals surface area contributed by atoms with E-state index in [-0.39, 0.29) is 10.8 Å². The molecule has 1 aromatic rings. The molecular formula is C6H12N4O2S. The Hall–Kier alpha value is -1.08. The third-order valence-electron chi connectivity index (χ3n) is 1.55. The smallest absolute Gasteiger partial charge is 0.261 e. The lowest BCUT2D eigenvalue weighted by molar-refractivity contribution is 0.518. The normalized spacial score (nSPS) is 12.3. The first kappa shape index (κ1) is 10.0. The molecule has 0 aromatic carbocycles. The Morgan fingerprint density at radius 3 is 2.31 bits per heavy atom. The van der Waals surface area contributed by atoms with E-state index in [0.717, 1.165) is 4.31 Å². The van der Waals surface area contributed by atoms with E-state index in [1.54, 1.807) is 6.92 Å². The van der Waals surface area contributed by atoms with Crippen LogP contribution in [0.2, 0.25) is 0 Å². The summed E-state index contributed by atoms with van der Waals surface area (Å²) >= 11 is 0. The number of hydrogen-bond acceptors (Lipinski definition) is 4. The van der Waals surface area contributed by atoms with Gasteiger partial charge in [0.2, 0.25) is 0 Å². The molecule has 1 aromatic heterocycles. The number of nitrogen functional groups attached to an aromatic ring is 1. The molecule has 0 aliphatic carbocycles. The lowest BCUT2D eigenvalue weighted by Crippen LogP contribution is -2.23. The Balaban J connectivity index is 3.31. The Bertz CT molecular complexity index is 406. The van der Waals surface area contributed by atoms with E-state index < -0.39 is 10.0 Å². The van der Waals surface area contributed by atoms with Crippen LogP contribution in [0.1, 0.15) is 5.82 Å². The summed E-state index contributed by atoms with van der Waals surface area (Å²) in [7, 11) is -0.626. The third-order valence-corrected chi connectivity index (χ3v) is 3.34. The Morgan fingerprint density at radius 1 is 1.46 bits per heavy atom. The SMILES string of the molecule is Cc1nc(N)c(S(=O)(=O)N(C)C)[nH]1. The summed E-state index contributed by atoms with van der Waals surface area (Å²) in [4.78, 5) is 6.38. The summed E-state index contributed by atoms with van der Waals surface area (Å²) in [6.45, 7) is 1.64. The number of H-pyrrole nitrogens is 1. The van der Waals surface area contributed by atoms with Crippen molar-refractivity contribution >= 4 is 15.8 Å². The summed E-state index contributed by atoms with van der Waals surface area (Å²) in [6.07, 6.45) is 0. The van der Waals surface area contributed by atoms with Crippen molar-refractivity contribution < 1.29 is 8.42 Å². The van der Waals surface area contributed by atoms with Crippen LogP contribution in [0.3, 0.4) is 0 Å². The molecule has 0 unspecified atom stereocenters. The maximum Gasteiger partial charge on any atom is 0.261 e. The zero-order valence-corrected chi connectivity index (χ0v) is 8.51. The van der Waals surface area contributed by atoms with Crippen LogP contribution in [0, 0.1) is 6.92 Å². The molecule has 3 N–H and O–H groups in total. The predicted octanol–water partition coefficient (Wildman–Crippen LogP) is -0.449. The van der Waals surface area contributed by atoms with Crippen LogP contribution in [0.15, 0.2) is 5.03 Å². The van der Waals surface area contributed by atoms with Gasteiger partial charge in [0.1, 0.15) is 5.82 Å². The number of nitrogens with two attached hydrogens (primary N) is 1. The average Bonchev–Trinajstić information content (AvgIpc) is 2.30. The fraction of sp³-hybridized carbons (Fsp3) is 0.500. The van der Waals surface area contributed by atoms with E-state index in [2.05, 4.69) is 9.97 Å². The van der Waals surface area contributed by atoms with E-state index in [4.69, 9.17) is 5.73 Å². The molecule has 0 aliphatic heterocycles. The highest BCUT2D eigenvalue weighted by molar-refractivity contribution is 7.89. The maximum atomic E-state index is 11.5. The quantitative estimate of drug-likeness (QED) is 0.682. The highest BCUT2D eigenvalue weighted by atomic mass is 32.2. The first-order chi connectivity index (χ1) is 5.85. The van der Waals surface area contributed by atoms with Crippen LogP contribution in [-0.4, -0.2) is 36.8 Å². The van der Waals surface area contributed by atoms with Crippen molar-refractivity contribution in [3.8, 4) is 0 Å². The summed E-state index contributed by atoms with van der Waals surface area (Å²) < 4.78 is 24.2. The van der Waals surface area contributed by atoms with Crippen molar-refractivity contribution in [3.63, 3.8) is 0 Å². The number of aromatic amines is 1. The Kier molecular flexibility index (Phi) is 2.31. The molecule has 7 heteroatoms. The van der Waals surface area contributed by atoms with Crippen LogP contribution < -0.4 is 5.73 Å². The van der Waals surface area contributed by atoms with Gasteiger partial charge in [-0.25, -0.2) is 17.7 Å². The molecule has 0 saturated carbocycles.